The molecule has 2 aliphatic rings. The SMILES string of the molecule is CCOc1ccc(C2=NN3[C@H](C2)c2ccccc2O[C@H]3c2ccco2)cc1. The van der Waals surface area contributed by atoms with Crippen LogP contribution in [0.25, 0.3) is 0 Å². The summed E-state index contributed by atoms with van der Waals surface area (Å²) in [5.41, 5.74) is 3.30. The third-order valence-corrected chi connectivity index (χ3v) is 4.98. The Kier molecular flexibility index (Phi) is 3.85. The lowest BCUT2D eigenvalue weighted by atomic mass is 9.96. The molecule has 2 aromatic carbocycles. The number of hydrazone groups is 1. The predicted molar refractivity (Wildman–Crippen MR) is 102 cm³/mol. The molecule has 5 rings (SSSR count). The molecule has 1 aromatic heterocycles. The summed E-state index contributed by atoms with van der Waals surface area (Å²) in [6.45, 7) is 2.65. The zero-order valence-corrected chi connectivity index (χ0v) is 15.0. The van der Waals surface area contributed by atoms with Crippen LogP contribution in [0.4, 0.5) is 0 Å². The highest BCUT2D eigenvalue weighted by molar-refractivity contribution is 6.02. The van der Waals surface area contributed by atoms with Crippen molar-refractivity contribution < 1.29 is 13.9 Å². The number of hydrogen-bond donors (Lipinski definition) is 0. The minimum Gasteiger partial charge on any atom is -0.494 e. The van der Waals surface area contributed by atoms with Crippen LogP contribution in [0.2, 0.25) is 0 Å². The van der Waals surface area contributed by atoms with E-state index in [0.29, 0.717) is 6.61 Å². The molecule has 0 spiro atoms. The quantitative estimate of drug-likeness (QED) is 0.662. The molecule has 0 aliphatic carbocycles. The molecule has 3 aromatic rings. The molecule has 0 unspecified atom stereocenters. The zero-order valence-electron chi connectivity index (χ0n) is 15.0. The Hall–Kier alpha value is -3.21. The Balaban J connectivity index is 1.52. The van der Waals surface area contributed by atoms with E-state index in [-0.39, 0.29) is 12.3 Å². The molecular weight excluding hydrogens is 340 g/mol. The Bertz CT molecular complexity index is 963. The highest BCUT2D eigenvalue weighted by Gasteiger charge is 2.41. The van der Waals surface area contributed by atoms with Crippen LogP contribution >= 0.6 is 0 Å². The number of rotatable bonds is 4. The first-order valence-electron chi connectivity index (χ1n) is 9.21. The second-order valence-electron chi connectivity index (χ2n) is 6.63. The van der Waals surface area contributed by atoms with Gasteiger partial charge in [0, 0.05) is 12.0 Å². The summed E-state index contributed by atoms with van der Waals surface area (Å²) in [4.78, 5) is 0. The predicted octanol–water partition coefficient (Wildman–Crippen LogP) is 4.92. The average Bonchev–Trinajstić information content (AvgIpc) is 3.39. The van der Waals surface area contributed by atoms with Crippen LogP contribution in [0.3, 0.4) is 0 Å². The summed E-state index contributed by atoms with van der Waals surface area (Å²) in [5.74, 6) is 2.52. The molecule has 2 atom stereocenters. The largest absolute Gasteiger partial charge is 0.494 e. The van der Waals surface area contributed by atoms with Crippen molar-refractivity contribution in [1.82, 2.24) is 5.01 Å². The van der Waals surface area contributed by atoms with E-state index in [4.69, 9.17) is 19.0 Å². The van der Waals surface area contributed by atoms with E-state index >= 15 is 0 Å². The first-order chi connectivity index (χ1) is 13.3. The Labute approximate surface area is 157 Å². The Morgan fingerprint density at radius 2 is 1.93 bits per heavy atom. The standard InChI is InChI=1S/C22H20N2O3/c1-2-25-16-11-9-15(10-12-16)18-14-19-17-6-3-4-7-20(17)27-22(24(19)23-18)21-8-5-13-26-21/h3-13,19,22H,2,14H2,1H3/t19-,22+/m1/s1. The maximum absolute atomic E-state index is 6.23. The molecule has 0 bridgehead atoms. The van der Waals surface area contributed by atoms with E-state index in [9.17, 15) is 0 Å². The number of hydrogen-bond acceptors (Lipinski definition) is 5. The van der Waals surface area contributed by atoms with Crippen molar-refractivity contribution in [3.8, 4) is 11.5 Å². The van der Waals surface area contributed by atoms with Crippen LogP contribution in [-0.4, -0.2) is 17.3 Å². The number of fused-ring (bicyclic) bond motifs is 3. The lowest BCUT2D eigenvalue weighted by Gasteiger charge is -2.36. The number of ether oxygens (including phenoxy) is 2. The van der Waals surface area contributed by atoms with Gasteiger partial charge in [-0.1, -0.05) is 18.2 Å². The van der Waals surface area contributed by atoms with Crippen molar-refractivity contribution in [2.24, 2.45) is 5.10 Å². The lowest BCUT2D eigenvalue weighted by Crippen LogP contribution is -2.33. The van der Waals surface area contributed by atoms with Crippen molar-refractivity contribution in [3.05, 3.63) is 83.8 Å². The molecule has 3 heterocycles. The van der Waals surface area contributed by atoms with Crippen LogP contribution in [0, 0.1) is 0 Å². The second-order valence-corrected chi connectivity index (χ2v) is 6.63. The first-order valence-corrected chi connectivity index (χ1v) is 9.21. The van der Waals surface area contributed by atoms with Crippen molar-refractivity contribution in [3.63, 3.8) is 0 Å². The molecule has 0 fully saturated rings. The maximum Gasteiger partial charge on any atom is 0.246 e. The summed E-state index contributed by atoms with van der Waals surface area (Å²) in [6, 6.07) is 20.2. The highest BCUT2D eigenvalue weighted by Crippen LogP contribution is 2.47. The molecule has 0 amide bonds. The second kappa shape index (κ2) is 6.50. The van der Waals surface area contributed by atoms with Gasteiger partial charge in [-0.15, -0.1) is 0 Å². The molecule has 0 saturated carbocycles. The van der Waals surface area contributed by atoms with Crippen LogP contribution in [0.15, 0.2) is 76.4 Å². The molecule has 27 heavy (non-hydrogen) atoms. The van der Waals surface area contributed by atoms with E-state index in [1.807, 2.05) is 54.4 Å². The fourth-order valence-corrected chi connectivity index (χ4v) is 3.74. The summed E-state index contributed by atoms with van der Waals surface area (Å²) in [6.07, 6.45) is 2.13. The zero-order chi connectivity index (χ0) is 18.2. The van der Waals surface area contributed by atoms with E-state index in [0.717, 1.165) is 40.5 Å². The Morgan fingerprint density at radius 1 is 1.07 bits per heavy atom. The van der Waals surface area contributed by atoms with Crippen molar-refractivity contribution in [1.29, 1.82) is 0 Å². The number of benzene rings is 2. The van der Waals surface area contributed by atoms with Gasteiger partial charge in [0.15, 0.2) is 5.76 Å². The third kappa shape index (κ3) is 2.76. The van der Waals surface area contributed by atoms with Crippen LogP contribution in [-0.2, 0) is 0 Å². The van der Waals surface area contributed by atoms with Crippen molar-refractivity contribution in [2.45, 2.75) is 25.6 Å². The monoisotopic (exact) mass is 360 g/mol. The minimum absolute atomic E-state index is 0.131. The van der Waals surface area contributed by atoms with Crippen LogP contribution < -0.4 is 9.47 Å². The number of furan rings is 1. The van der Waals surface area contributed by atoms with Gasteiger partial charge in [0.1, 0.15) is 11.5 Å². The molecule has 0 radical (unpaired) electrons. The fourth-order valence-electron chi connectivity index (χ4n) is 3.74. The molecule has 2 aliphatic heterocycles. The number of para-hydroxylation sites is 1. The third-order valence-electron chi connectivity index (χ3n) is 4.98. The van der Waals surface area contributed by atoms with Gasteiger partial charge in [0.05, 0.1) is 24.6 Å². The van der Waals surface area contributed by atoms with Crippen molar-refractivity contribution in [2.75, 3.05) is 6.61 Å². The van der Waals surface area contributed by atoms with Gasteiger partial charge in [-0.05, 0) is 55.0 Å². The fraction of sp³-hybridized carbons (Fsp3) is 0.227. The van der Waals surface area contributed by atoms with Gasteiger partial charge in [-0.25, -0.2) is 5.01 Å². The normalized spacial score (nSPS) is 20.5. The van der Waals surface area contributed by atoms with Crippen LogP contribution in [0.5, 0.6) is 11.5 Å². The van der Waals surface area contributed by atoms with Gasteiger partial charge in [0.2, 0.25) is 6.23 Å². The minimum atomic E-state index is -0.361. The summed E-state index contributed by atoms with van der Waals surface area (Å²) in [5, 5.41) is 6.94. The van der Waals surface area contributed by atoms with Gasteiger partial charge < -0.3 is 13.9 Å². The Morgan fingerprint density at radius 3 is 2.70 bits per heavy atom. The van der Waals surface area contributed by atoms with Gasteiger partial charge in [-0.2, -0.15) is 5.10 Å². The first kappa shape index (κ1) is 16.0. The highest BCUT2D eigenvalue weighted by atomic mass is 16.5. The lowest BCUT2D eigenvalue weighted by molar-refractivity contribution is -0.0325. The molecule has 5 heteroatoms. The average molecular weight is 360 g/mol. The summed E-state index contributed by atoms with van der Waals surface area (Å²) < 4.78 is 17.4. The van der Waals surface area contributed by atoms with Crippen LogP contribution in [0.1, 0.15) is 42.5 Å². The van der Waals surface area contributed by atoms with Gasteiger partial charge in [0.25, 0.3) is 0 Å². The topological polar surface area (TPSA) is 47.2 Å². The van der Waals surface area contributed by atoms with E-state index in [2.05, 4.69) is 18.2 Å². The molecule has 5 nitrogen and oxygen atoms in total. The molecule has 136 valence electrons. The van der Waals surface area contributed by atoms with E-state index in [1.54, 1.807) is 6.26 Å². The van der Waals surface area contributed by atoms with Gasteiger partial charge >= 0.3 is 0 Å². The smallest absolute Gasteiger partial charge is 0.246 e. The van der Waals surface area contributed by atoms with E-state index in [1.165, 1.54) is 0 Å². The molecular formula is C22H20N2O3. The molecule has 0 saturated heterocycles. The summed E-state index contributed by atoms with van der Waals surface area (Å²) in [7, 11) is 0. The molecule has 0 N–H and O–H groups in total. The van der Waals surface area contributed by atoms with Gasteiger partial charge in [-0.3, -0.25) is 0 Å². The summed E-state index contributed by atoms with van der Waals surface area (Å²) >= 11 is 0. The van der Waals surface area contributed by atoms with E-state index < -0.39 is 0 Å². The van der Waals surface area contributed by atoms with Crippen molar-refractivity contribution >= 4 is 5.71 Å². The number of nitrogens with zero attached hydrogens (tertiary/aromatic N) is 2. The maximum atomic E-state index is 6.23.